The van der Waals surface area contributed by atoms with Gasteiger partial charge in [-0.25, -0.2) is 9.18 Å². The van der Waals surface area contributed by atoms with Crippen LogP contribution in [0.1, 0.15) is 36.0 Å². The van der Waals surface area contributed by atoms with E-state index in [1.54, 1.807) is 24.3 Å². The smallest absolute Gasteiger partial charge is 0.323 e. The lowest BCUT2D eigenvalue weighted by Crippen LogP contribution is -2.33. The van der Waals surface area contributed by atoms with Gasteiger partial charge >= 0.3 is 6.03 Å². The molecule has 0 aromatic heterocycles. The molecule has 3 amide bonds. The Bertz CT molecular complexity index is 940. The zero-order valence-corrected chi connectivity index (χ0v) is 17.3. The summed E-state index contributed by atoms with van der Waals surface area (Å²) in [5.74, 6) is -0.716. The molecule has 2 fully saturated rings. The molecule has 0 spiro atoms. The summed E-state index contributed by atoms with van der Waals surface area (Å²) >= 11 is 0. The second-order valence-corrected chi connectivity index (χ2v) is 7.83. The first-order valence-corrected chi connectivity index (χ1v) is 10.7. The molecule has 2 aromatic carbocycles. The van der Waals surface area contributed by atoms with Gasteiger partial charge in [0, 0.05) is 37.6 Å². The third-order valence-electron chi connectivity index (χ3n) is 5.58. The van der Waals surface area contributed by atoms with E-state index in [4.69, 9.17) is 4.74 Å². The van der Waals surface area contributed by atoms with Crippen LogP contribution < -0.4 is 20.9 Å². The Morgan fingerprint density at radius 3 is 2.61 bits per heavy atom. The molecule has 2 heterocycles. The predicted octanol–water partition coefficient (Wildman–Crippen LogP) is 3.98. The SMILES string of the molecule is O=C(Nc1ccc(N2CCCC2)c(C(=O)NCC2CCCO2)c1)Nc1ccccc1F. The molecule has 0 radical (unpaired) electrons. The predicted molar refractivity (Wildman–Crippen MR) is 118 cm³/mol. The quantitative estimate of drug-likeness (QED) is 0.653. The summed E-state index contributed by atoms with van der Waals surface area (Å²) in [6.07, 6.45) is 4.17. The summed E-state index contributed by atoms with van der Waals surface area (Å²) in [6, 6.07) is 10.6. The van der Waals surface area contributed by atoms with Gasteiger partial charge in [0.1, 0.15) is 5.82 Å². The molecule has 1 atom stereocenters. The summed E-state index contributed by atoms with van der Waals surface area (Å²) in [5.41, 5.74) is 1.90. The second-order valence-electron chi connectivity index (χ2n) is 7.83. The second kappa shape index (κ2) is 9.78. The zero-order valence-electron chi connectivity index (χ0n) is 17.3. The fourth-order valence-electron chi connectivity index (χ4n) is 3.98. The van der Waals surface area contributed by atoms with Crippen LogP contribution in [0.5, 0.6) is 0 Å². The number of rotatable bonds is 6. The fraction of sp³-hybridized carbons (Fsp3) is 0.391. The number of anilines is 3. The van der Waals surface area contributed by atoms with Gasteiger partial charge in [0.15, 0.2) is 0 Å². The number of nitrogens with one attached hydrogen (secondary N) is 3. The highest BCUT2D eigenvalue weighted by Crippen LogP contribution is 2.28. The Balaban J connectivity index is 1.48. The van der Waals surface area contributed by atoms with E-state index in [0.717, 1.165) is 51.1 Å². The van der Waals surface area contributed by atoms with Gasteiger partial charge in [0.25, 0.3) is 5.91 Å². The van der Waals surface area contributed by atoms with Crippen LogP contribution >= 0.6 is 0 Å². The Labute approximate surface area is 181 Å². The Morgan fingerprint density at radius 1 is 1.06 bits per heavy atom. The topological polar surface area (TPSA) is 82.7 Å². The van der Waals surface area contributed by atoms with Crippen molar-refractivity contribution in [2.75, 3.05) is 41.8 Å². The lowest BCUT2D eigenvalue weighted by Gasteiger charge is -2.22. The lowest BCUT2D eigenvalue weighted by molar-refractivity contribution is 0.0858. The third kappa shape index (κ3) is 5.32. The molecular weight excluding hydrogens is 399 g/mol. The van der Waals surface area contributed by atoms with Gasteiger partial charge in [-0.05, 0) is 56.0 Å². The Kier molecular flexibility index (Phi) is 6.66. The van der Waals surface area contributed by atoms with Crippen LogP contribution in [0.4, 0.5) is 26.2 Å². The number of ether oxygens (including phenoxy) is 1. The van der Waals surface area contributed by atoms with Crippen molar-refractivity contribution in [2.45, 2.75) is 31.8 Å². The van der Waals surface area contributed by atoms with E-state index in [2.05, 4.69) is 20.9 Å². The molecule has 0 bridgehead atoms. The van der Waals surface area contributed by atoms with Crippen LogP contribution in [-0.2, 0) is 4.74 Å². The van der Waals surface area contributed by atoms with Crippen LogP contribution in [0.3, 0.4) is 0 Å². The number of carbonyl (C=O) groups excluding carboxylic acids is 2. The van der Waals surface area contributed by atoms with Crippen LogP contribution in [0, 0.1) is 5.82 Å². The van der Waals surface area contributed by atoms with E-state index in [1.807, 2.05) is 6.07 Å². The largest absolute Gasteiger partial charge is 0.376 e. The van der Waals surface area contributed by atoms with Gasteiger partial charge in [0.05, 0.1) is 17.4 Å². The summed E-state index contributed by atoms with van der Waals surface area (Å²) < 4.78 is 19.4. The molecule has 2 saturated heterocycles. The number of nitrogens with zero attached hydrogens (tertiary/aromatic N) is 1. The molecule has 8 heteroatoms. The van der Waals surface area contributed by atoms with Crippen molar-refractivity contribution in [3.63, 3.8) is 0 Å². The number of para-hydroxylation sites is 1. The van der Waals surface area contributed by atoms with Gasteiger partial charge in [-0.15, -0.1) is 0 Å². The highest BCUT2D eigenvalue weighted by molar-refractivity contribution is 6.04. The minimum absolute atomic E-state index is 0.0482. The van der Waals surface area contributed by atoms with Gasteiger partial charge in [-0.3, -0.25) is 4.79 Å². The first-order chi connectivity index (χ1) is 15.1. The standard InChI is InChI=1S/C23H27FN4O3/c24-19-7-1-2-8-20(19)27-23(30)26-16-9-10-21(28-11-3-4-12-28)18(14-16)22(29)25-15-17-6-5-13-31-17/h1-2,7-10,14,17H,3-6,11-13,15H2,(H,25,29)(H2,26,27,30). The van der Waals surface area contributed by atoms with E-state index in [0.29, 0.717) is 17.8 Å². The normalized spacial score (nSPS) is 18.1. The average Bonchev–Trinajstić information content (AvgIpc) is 3.48. The first-order valence-electron chi connectivity index (χ1n) is 10.7. The van der Waals surface area contributed by atoms with E-state index in [1.165, 1.54) is 12.1 Å². The van der Waals surface area contributed by atoms with Crippen LogP contribution in [0.15, 0.2) is 42.5 Å². The number of benzene rings is 2. The van der Waals surface area contributed by atoms with Gasteiger partial charge in [-0.2, -0.15) is 0 Å². The summed E-state index contributed by atoms with van der Waals surface area (Å²) in [7, 11) is 0. The van der Waals surface area contributed by atoms with Crippen molar-refractivity contribution in [1.29, 1.82) is 0 Å². The summed E-state index contributed by atoms with van der Waals surface area (Å²) in [4.78, 5) is 27.5. The first kappa shape index (κ1) is 21.1. The van der Waals surface area contributed by atoms with E-state index >= 15 is 0 Å². The molecule has 1 unspecified atom stereocenters. The number of urea groups is 1. The molecular formula is C23H27FN4O3. The molecule has 164 valence electrons. The van der Waals surface area contributed by atoms with Crippen molar-refractivity contribution in [3.8, 4) is 0 Å². The highest BCUT2D eigenvalue weighted by atomic mass is 19.1. The highest BCUT2D eigenvalue weighted by Gasteiger charge is 2.22. The van der Waals surface area contributed by atoms with Gasteiger partial charge < -0.3 is 25.6 Å². The Morgan fingerprint density at radius 2 is 1.87 bits per heavy atom. The van der Waals surface area contributed by atoms with Crippen LogP contribution in [0.2, 0.25) is 0 Å². The van der Waals surface area contributed by atoms with E-state index in [-0.39, 0.29) is 17.7 Å². The molecule has 7 nitrogen and oxygen atoms in total. The minimum atomic E-state index is -0.579. The van der Waals surface area contributed by atoms with Crippen molar-refractivity contribution >= 4 is 29.0 Å². The molecule has 4 rings (SSSR count). The molecule has 2 aromatic rings. The van der Waals surface area contributed by atoms with Crippen LogP contribution in [0.25, 0.3) is 0 Å². The number of halogens is 1. The Hall–Kier alpha value is -3.13. The lowest BCUT2D eigenvalue weighted by atomic mass is 10.1. The number of carbonyl (C=O) groups is 2. The van der Waals surface area contributed by atoms with Crippen molar-refractivity contribution in [3.05, 3.63) is 53.8 Å². The summed E-state index contributed by atoms with van der Waals surface area (Å²) in [5, 5.41) is 8.14. The average molecular weight is 426 g/mol. The molecule has 3 N–H and O–H groups in total. The summed E-state index contributed by atoms with van der Waals surface area (Å²) in [6.45, 7) is 2.99. The van der Waals surface area contributed by atoms with Gasteiger partial charge in [-0.1, -0.05) is 12.1 Å². The maximum atomic E-state index is 13.8. The molecule has 2 aliphatic heterocycles. The fourth-order valence-corrected chi connectivity index (χ4v) is 3.98. The van der Waals surface area contributed by atoms with Crippen molar-refractivity contribution < 1.29 is 18.7 Å². The molecule has 0 saturated carbocycles. The molecule has 0 aliphatic carbocycles. The van der Waals surface area contributed by atoms with Crippen molar-refractivity contribution in [2.24, 2.45) is 0 Å². The van der Waals surface area contributed by atoms with Crippen LogP contribution in [-0.4, -0.2) is 44.3 Å². The third-order valence-corrected chi connectivity index (χ3v) is 5.58. The van der Waals surface area contributed by atoms with E-state index in [9.17, 15) is 14.0 Å². The van der Waals surface area contributed by atoms with E-state index < -0.39 is 11.8 Å². The maximum Gasteiger partial charge on any atom is 0.323 e. The molecule has 31 heavy (non-hydrogen) atoms. The number of amides is 3. The maximum absolute atomic E-state index is 13.8. The molecule has 2 aliphatic rings. The van der Waals surface area contributed by atoms with Gasteiger partial charge in [0.2, 0.25) is 0 Å². The van der Waals surface area contributed by atoms with Crippen molar-refractivity contribution in [1.82, 2.24) is 5.32 Å². The number of hydrogen-bond donors (Lipinski definition) is 3. The zero-order chi connectivity index (χ0) is 21.6. The monoisotopic (exact) mass is 426 g/mol. The number of hydrogen-bond acceptors (Lipinski definition) is 4. The minimum Gasteiger partial charge on any atom is -0.376 e.